The highest BCUT2D eigenvalue weighted by Crippen LogP contribution is 2.31. The van der Waals surface area contributed by atoms with Crippen molar-refractivity contribution in [2.75, 3.05) is 4.90 Å². The van der Waals surface area contributed by atoms with Crippen LogP contribution >= 0.6 is 50.7 Å². The predicted molar refractivity (Wildman–Crippen MR) is 84.1 cm³/mol. The number of allylic oxidation sites excluding steroid dienone is 2. The molecule has 7 heteroatoms. The number of halogens is 4. The molecule has 0 spiro atoms. The summed E-state index contributed by atoms with van der Waals surface area (Å²) >= 11 is 19.9. The number of hydrogen-bond acceptors (Lipinski definition) is 2. The first kappa shape index (κ1) is 15.6. The highest BCUT2D eigenvalue weighted by Gasteiger charge is 2.31. The highest BCUT2D eigenvalue weighted by molar-refractivity contribution is 9.10. The van der Waals surface area contributed by atoms with Crippen LogP contribution in [0.25, 0.3) is 0 Å². The molecular formula is C13H7BrCl3NO2. The van der Waals surface area contributed by atoms with E-state index in [9.17, 15) is 9.59 Å². The van der Waals surface area contributed by atoms with E-state index in [2.05, 4.69) is 15.9 Å². The van der Waals surface area contributed by atoms with Crippen LogP contribution in [0, 0.1) is 0 Å². The van der Waals surface area contributed by atoms with Crippen LogP contribution in [0.15, 0.2) is 52.7 Å². The van der Waals surface area contributed by atoms with Crippen LogP contribution in [-0.4, -0.2) is 15.5 Å². The Morgan fingerprint density at radius 2 is 1.75 bits per heavy atom. The molecule has 0 saturated carbocycles. The molecule has 0 N–H and O–H groups in total. The lowest BCUT2D eigenvalue weighted by Gasteiger charge is -2.18. The van der Waals surface area contributed by atoms with Gasteiger partial charge in [-0.25, -0.2) is 0 Å². The van der Waals surface area contributed by atoms with Gasteiger partial charge in [-0.1, -0.05) is 50.7 Å². The van der Waals surface area contributed by atoms with E-state index < -0.39 is 9.58 Å². The molecule has 1 aromatic carbocycles. The van der Waals surface area contributed by atoms with E-state index in [1.165, 1.54) is 17.1 Å². The molecule has 2 rings (SSSR count). The summed E-state index contributed by atoms with van der Waals surface area (Å²) in [7, 11) is 0. The van der Waals surface area contributed by atoms with Gasteiger partial charge in [-0.15, -0.1) is 0 Å². The van der Waals surface area contributed by atoms with Crippen molar-refractivity contribution in [2.24, 2.45) is 0 Å². The van der Waals surface area contributed by atoms with Crippen LogP contribution in [0.3, 0.4) is 0 Å². The van der Waals surface area contributed by atoms with Gasteiger partial charge in [0.2, 0.25) is 5.78 Å². The van der Waals surface area contributed by atoms with E-state index in [0.717, 1.165) is 10.5 Å². The van der Waals surface area contributed by atoms with Crippen molar-refractivity contribution < 1.29 is 9.59 Å². The van der Waals surface area contributed by atoms with Gasteiger partial charge in [0.05, 0.1) is 5.70 Å². The third-order valence-electron chi connectivity index (χ3n) is 2.52. The molecule has 0 atom stereocenters. The van der Waals surface area contributed by atoms with Crippen LogP contribution in [0.5, 0.6) is 0 Å². The minimum Gasteiger partial charge on any atom is -0.290 e. The van der Waals surface area contributed by atoms with E-state index in [1.807, 2.05) is 0 Å². The predicted octanol–water partition coefficient (Wildman–Crippen LogP) is 4.18. The molecule has 0 fully saturated rings. The summed E-state index contributed by atoms with van der Waals surface area (Å²) in [4.78, 5) is 24.9. The SMILES string of the molecule is O=C1C=C/C(=C\C(=O)C(Cl)(Cl)Cl)N1c1ccc(Br)cc1. The Labute approximate surface area is 138 Å². The standard InChI is InChI=1S/C13H7BrCl3NO2/c14-8-1-3-9(4-2-8)18-10(5-6-12(18)20)7-11(19)13(15,16)17/h1-7H/b10-7+. The van der Waals surface area contributed by atoms with Crippen molar-refractivity contribution in [3.63, 3.8) is 0 Å². The van der Waals surface area contributed by atoms with Crippen LogP contribution in [0.2, 0.25) is 0 Å². The molecule has 0 bridgehead atoms. The molecule has 1 aliphatic rings. The number of carbonyl (C=O) groups excluding carboxylic acids is 2. The molecule has 0 aliphatic carbocycles. The molecular weight excluding hydrogens is 388 g/mol. The molecule has 1 aromatic rings. The molecule has 1 heterocycles. The van der Waals surface area contributed by atoms with Crippen molar-refractivity contribution in [2.45, 2.75) is 3.79 Å². The maximum Gasteiger partial charge on any atom is 0.255 e. The van der Waals surface area contributed by atoms with Gasteiger partial charge < -0.3 is 0 Å². The van der Waals surface area contributed by atoms with Crippen LogP contribution < -0.4 is 4.90 Å². The van der Waals surface area contributed by atoms with Crippen molar-refractivity contribution in [3.8, 4) is 0 Å². The second-order valence-corrected chi connectivity index (χ2v) is 7.11. The Balaban J connectivity index is 2.36. The van der Waals surface area contributed by atoms with Crippen LogP contribution in [0.1, 0.15) is 0 Å². The minimum absolute atomic E-state index is 0.268. The number of nitrogens with zero attached hydrogens (tertiary/aromatic N) is 1. The number of rotatable bonds is 2. The van der Waals surface area contributed by atoms with E-state index in [1.54, 1.807) is 24.3 Å². The minimum atomic E-state index is -2.04. The Morgan fingerprint density at radius 3 is 2.30 bits per heavy atom. The zero-order valence-electron chi connectivity index (χ0n) is 9.82. The summed E-state index contributed by atoms with van der Waals surface area (Å²) in [5.41, 5.74) is 0.972. The molecule has 20 heavy (non-hydrogen) atoms. The van der Waals surface area contributed by atoms with Crippen LogP contribution in [0.4, 0.5) is 5.69 Å². The van der Waals surface area contributed by atoms with Gasteiger partial charge in [-0.05, 0) is 30.3 Å². The fourth-order valence-electron chi connectivity index (χ4n) is 1.63. The van der Waals surface area contributed by atoms with Crippen molar-refractivity contribution in [1.29, 1.82) is 0 Å². The van der Waals surface area contributed by atoms with E-state index in [0.29, 0.717) is 11.4 Å². The van der Waals surface area contributed by atoms with Gasteiger partial charge in [0.25, 0.3) is 9.70 Å². The van der Waals surface area contributed by atoms with Gasteiger partial charge in [-0.3, -0.25) is 14.5 Å². The largest absolute Gasteiger partial charge is 0.290 e. The Morgan fingerprint density at radius 1 is 1.15 bits per heavy atom. The maximum atomic E-state index is 11.9. The number of anilines is 1. The molecule has 104 valence electrons. The summed E-state index contributed by atoms with van der Waals surface area (Å²) in [6.45, 7) is 0. The first-order valence-corrected chi connectivity index (χ1v) is 7.32. The second kappa shape index (κ2) is 5.90. The number of alkyl halides is 3. The first-order chi connectivity index (χ1) is 9.29. The lowest BCUT2D eigenvalue weighted by atomic mass is 10.2. The van der Waals surface area contributed by atoms with Gasteiger partial charge in [-0.2, -0.15) is 0 Å². The summed E-state index contributed by atoms with van der Waals surface area (Å²) in [6.07, 6.45) is 3.98. The summed E-state index contributed by atoms with van der Waals surface area (Å²) in [5, 5.41) is 0. The number of carbonyl (C=O) groups is 2. The summed E-state index contributed by atoms with van der Waals surface area (Å²) in [5.74, 6) is -0.977. The Kier molecular flexibility index (Phi) is 4.59. The first-order valence-electron chi connectivity index (χ1n) is 5.39. The molecule has 0 aromatic heterocycles. The number of hydrogen-bond donors (Lipinski definition) is 0. The number of amides is 1. The average Bonchev–Trinajstić information content (AvgIpc) is 2.71. The Hall–Kier alpha value is -0.810. The highest BCUT2D eigenvalue weighted by atomic mass is 79.9. The third-order valence-corrected chi connectivity index (χ3v) is 3.61. The number of ketones is 1. The van der Waals surface area contributed by atoms with E-state index in [4.69, 9.17) is 34.8 Å². The molecule has 0 unspecified atom stereocenters. The quantitative estimate of drug-likeness (QED) is 0.557. The summed E-state index contributed by atoms with van der Waals surface area (Å²) in [6, 6.07) is 7.05. The zero-order chi connectivity index (χ0) is 14.9. The zero-order valence-corrected chi connectivity index (χ0v) is 13.7. The summed E-state index contributed by atoms with van der Waals surface area (Å²) < 4.78 is -1.17. The lowest BCUT2D eigenvalue weighted by molar-refractivity contribution is -0.113. The van der Waals surface area contributed by atoms with Gasteiger partial charge in [0.15, 0.2) is 0 Å². The van der Waals surface area contributed by atoms with Crippen molar-refractivity contribution in [3.05, 3.63) is 52.7 Å². The molecule has 0 radical (unpaired) electrons. The van der Waals surface area contributed by atoms with Gasteiger partial charge >= 0.3 is 0 Å². The second-order valence-electron chi connectivity index (χ2n) is 3.91. The Bertz CT molecular complexity index is 617. The fraction of sp³-hybridized carbons (Fsp3) is 0.0769. The third kappa shape index (κ3) is 3.44. The average molecular weight is 395 g/mol. The maximum absolute atomic E-state index is 11.9. The van der Waals surface area contributed by atoms with Crippen molar-refractivity contribution in [1.82, 2.24) is 0 Å². The smallest absolute Gasteiger partial charge is 0.255 e. The normalized spacial score (nSPS) is 17.1. The molecule has 1 amide bonds. The lowest BCUT2D eigenvalue weighted by Crippen LogP contribution is -2.25. The molecule has 3 nitrogen and oxygen atoms in total. The van der Waals surface area contributed by atoms with Crippen LogP contribution in [-0.2, 0) is 9.59 Å². The van der Waals surface area contributed by atoms with Gasteiger partial charge in [0, 0.05) is 22.3 Å². The molecule has 0 saturated heterocycles. The van der Waals surface area contributed by atoms with E-state index in [-0.39, 0.29) is 5.91 Å². The number of benzene rings is 1. The topological polar surface area (TPSA) is 37.4 Å². The fourth-order valence-corrected chi connectivity index (χ4v) is 2.06. The van der Waals surface area contributed by atoms with Gasteiger partial charge in [0.1, 0.15) is 0 Å². The molecule has 1 aliphatic heterocycles. The van der Waals surface area contributed by atoms with E-state index >= 15 is 0 Å². The monoisotopic (exact) mass is 393 g/mol. The van der Waals surface area contributed by atoms with Crippen molar-refractivity contribution >= 4 is 68.1 Å².